The van der Waals surface area contributed by atoms with Crippen LogP contribution in [0.5, 0.6) is 0 Å². The van der Waals surface area contributed by atoms with Crippen molar-refractivity contribution >= 4 is 21.8 Å². The molecule has 9 nitrogen and oxygen atoms in total. The molecule has 208 valence electrons. The van der Waals surface area contributed by atoms with E-state index in [9.17, 15) is 18.3 Å². The highest BCUT2D eigenvalue weighted by molar-refractivity contribution is 7.89. The van der Waals surface area contributed by atoms with E-state index in [1.165, 1.54) is 21.3 Å². The largest absolute Gasteiger partial charge is 0.444 e. The lowest BCUT2D eigenvalue weighted by Crippen LogP contribution is -2.46. The molecule has 4 rings (SSSR count). The van der Waals surface area contributed by atoms with Crippen molar-refractivity contribution in [3.8, 4) is 0 Å². The van der Waals surface area contributed by atoms with Crippen molar-refractivity contribution in [3.63, 3.8) is 0 Å². The Hall–Kier alpha value is -2.66. The van der Waals surface area contributed by atoms with Gasteiger partial charge in [0.05, 0.1) is 30.8 Å². The number of benzene rings is 2. The SMILES string of the molecule is Nc1ccc(S(=O)(=O)N(CC2CCCC2)C[C@@H](O)CN(CCc2ccccc2)C(=O)O[C@H]2CCOC2)cc1. The summed E-state index contributed by atoms with van der Waals surface area (Å²) in [4.78, 5) is 14.7. The molecule has 10 heteroatoms. The minimum Gasteiger partial charge on any atom is -0.444 e. The van der Waals surface area contributed by atoms with E-state index < -0.39 is 22.2 Å². The summed E-state index contributed by atoms with van der Waals surface area (Å²) in [5.41, 5.74) is 7.30. The van der Waals surface area contributed by atoms with Crippen LogP contribution < -0.4 is 5.73 Å². The summed E-state index contributed by atoms with van der Waals surface area (Å²) in [5.74, 6) is 0.243. The summed E-state index contributed by atoms with van der Waals surface area (Å²) in [6, 6.07) is 15.9. The predicted octanol–water partition coefficient (Wildman–Crippen LogP) is 3.28. The Balaban J connectivity index is 1.47. The molecule has 2 aromatic rings. The third kappa shape index (κ3) is 7.92. The number of rotatable bonds is 12. The second-order valence-corrected chi connectivity index (χ2v) is 12.2. The molecule has 2 fully saturated rings. The predicted molar refractivity (Wildman–Crippen MR) is 145 cm³/mol. The highest BCUT2D eigenvalue weighted by Crippen LogP contribution is 2.28. The van der Waals surface area contributed by atoms with Gasteiger partial charge in [-0.3, -0.25) is 0 Å². The van der Waals surface area contributed by atoms with Crippen LogP contribution in [-0.2, 0) is 25.9 Å². The number of hydrogen-bond donors (Lipinski definition) is 2. The minimum absolute atomic E-state index is 0.0440. The molecule has 0 unspecified atom stereocenters. The number of aliphatic hydroxyl groups is 1. The van der Waals surface area contributed by atoms with Crippen LogP contribution in [0, 0.1) is 5.92 Å². The molecule has 0 aromatic heterocycles. The number of anilines is 1. The van der Waals surface area contributed by atoms with Crippen molar-refractivity contribution in [3.05, 3.63) is 60.2 Å². The second kappa shape index (κ2) is 13.4. The molecule has 1 heterocycles. The molecule has 1 saturated carbocycles. The molecule has 0 spiro atoms. The molecular weight excluding hydrogens is 506 g/mol. The van der Waals surface area contributed by atoms with E-state index in [1.54, 1.807) is 12.1 Å². The van der Waals surface area contributed by atoms with Gasteiger partial charge in [0.2, 0.25) is 10.0 Å². The normalized spacial score (nSPS) is 19.1. The summed E-state index contributed by atoms with van der Waals surface area (Å²) in [7, 11) is -3.86. The first-order valence-electron chi connectivity index (χ1n) is 13.4. The van der Waals surface area contributed by atoms with Crippen LogP contribution in [0.2, 0.25) is 0 Å². The third-order valence-corrected chi connectivity index (χ3v) is 9.07. The zero-order valence-electron chi connectivity index (χ0n) is 21.8. The Kier molecular flexibility index (Phi) is 10.0. The molecule has 1 amide bonds. The van der Waals surface area contributed by atoms with Gasteiger partial charge in [-0.2, -0.15) is 4.31 Å². The van der Waals surface area contributed by atoms with Crippen molar-refractivity contribution in [2.45, 2.75) is 55.6 Å². The molecule has 1 aliphatic carbocycles. The van der Waals surface area contributed by atoms with Crippen LogP contribution in [0.3, 0.4) is 0 Å². The van der Waals surface area contributed by atoms with Crippen molar-refractivity contribution in [2.75, 3.05) is 45.1 Å². The number of aliphatic hydroxyl groups excluding tert-OH is 1. The van der Waals surface area contributed by atoms with E-state index in [1.807, 2.05) is 30.3 Å². The zero-order valence-corrected chi connectivity index (χ0v) is 22.6. The molecule has 2 aliphatic rings. The number of carbonyl (C=O) groups is 1. The van der Waals surface area contributed by atoms with E-state index in [-0.39, 0.29) is 30.0 Å². The van der Waals surface area contributed by atoms with Gasteiger partial charge >= 0.3 is 6.09 Å². The van der Waals surface area contributed by atoms with E-state index in [0.717, 1.165) is 31.2 Å². The highest BCUT2D eigenvalue weighted by Gasteiger charge is 2.32. The number of carbonyl (C=O) groups excluding carboxylic acids is 1. The number of nitrogen functional groups attached to an aromatic ring is 1. The van der Waals surface area contributed by atoms with Gasteiger partial charge in [-0.05, 0) is 55.0 Å². The first kappa shape index (κ1) is 28.4. The fourth-order valence-electron chi connectivity index (χ4n) is 5.08. The first-order chi connectivity index (χ1) is 18.3. The molecule has 2 aromatic carbocycles. The zero-order chi connectivity index (χ0) is 27.0. The Labute approximate surface area is 225 Å². The Morgan fingerprint density at radius 2 is 1.76 bits per heavy atom. The van der Waals surface area contributed by atoms with E-state index in [4.69, 9.17) is 15.2 Å². The minimum atomic E-state index is -3.86. The summed E-state index contributed by atoms with van der Waals surface area (Å²) in [6.45, 7) is 1.40. The van der Waals surface area contributed by atoms with Gasteiger partial charge in [-0.1, -0.05) is 43.2 Å². The van der Waals surface area contributed by atoms with E-state index in [0.29, 0.717) is 44.8 Å². The maximum atomic E-state index is 13.6. The summed E-state index contributed by atoms with van der Waals surface area (Å²) < 4.78 is 39.5. The van der Waals surface area contributed by atoms with Crippen molar-refractivity contribution in [1.29, 1.82) is 0 Å². The lowest BCUT2D eigenvalue weighted by molar-refractivity contribution is 0.0372. The fraction of sp³-hybridized carbons (Fsp3) is 0.536. The second-order valence-electron chi connectivity index (χ2n) is 10.2. The molecule has 38 heavy (non-hydrogen) atoms. The molecule has 1 saturated heterocycles. The fourth-order valence-corrected chi connectivity index (χ4v) is 6.63. The maximum Gasteiger partial charge on any atom is 0.410 e. The Morgan fingerprint density at radius 3 is 2.42 bits per heavy atom. The summed E-state index contributed by atoms with van der Waals surface area (Å²) in [5, 5.41) is 11.1. The summed E-state index contributed by atoms with van der Waals surface area (Å²) in [6.07, 6.45) is 3.35. The van der Waals surface area contributed by atoms with Crippen LogP contribution in [0.15, 0.2) is 59.5 Å². The highest BCUT2D eigenvalue weighted by atomic mass is 32.2. The van der Waals surface area contributed by atoms with Gasteiger partial charge in [-0.25, -0.2) is 13.2 Å². The molecule has 0 radical (unpaired) electrons. The number of nitrogens with two attached hydrogens (primary N) is 1. The molecule has 2 atom stereocenters. The standard InChI is InChI=1S/C28H39N3O6S/c29-24-10-12-27(13-11-24)38(34,35)31(18-23-8-4-5-9-23)20-25(32)19-30(16-14-22-6-2-1-3-7-22)28(33)37-26-15-17-36-21-26/h1-3,6-7,10-13,23,25-26,32H,4-5,8-9,14-21,29H2/t25-,26-/m0/s1. The van der Waals surface area contributed by atoms with Gasteiger partial charge in [0.1, 0.15) is 6.10 Å². The Morgan fingerprint density at radius 1 is 1.05 bits per heavy atom. The number of hydrogen-bond acceptors (Lipinski definition) is 7. The topological polar surface area (TPSA) is 122 Å². The van der Waals surface area contributed by atoms with Gasteiger partial charge in [0, 0.05) is 31.7 Å². The van der Waals surface area contributed by atoms with E-state index >= 15 is 0 Å². The smallest absolute Gasteiger partial charge is 0.410 e. The first-order valence-corrected chi connectivity index (χ1v) is 14.9. The lowest BCUT2D eigenvalue weighted by atomic mass is 10.1. The number of sulfonamides is 1. The van der Waals surface area contributed by atoms with Crippen molar-refractivity contribution < 1.29 is 27.8 Å². The maximum absolute atomic E-state index is 13.6. The van der Waals surface area contributed by atoms with Crippen LogP contribution in [0.1, 0.15) is 37.7 Å². The van der Waals surface area contributed by atoms with Crippen LogP contribution in [0.25, 0.3) is 0 Å². The molecule has 3 N–H and O–H groups in total. The average Bonchev–Trinajstić information content (AvgIpc) is 3.61. The number of nitrogens with zero attached hydrogens (tertiary/aromatic N) is 2. The van der Waals surface area contributed by atoms with Crippen LogP contribution in [-0.4, -0.2) is 80.4 Å². The Bertz CT molecular complexity index is 1120. The third-order valence-electron chi connectivity index (χ3n) is 7.23. The van der Waals surface area contributed by atoms with Crippen molar-refractivity contribution in [1.82, 2.24) is 9.21 Å². The average molecular weight is 546 g/mol. The number of ether oxygens (including phenoxy) is 2. The quantitative estimate of drug-likeness (QED) is 0.393. The number of amides is 1. The van der Waals surface area contributed by atoms with Crippen LogP contribution >= 0.6 is 0 Å². The van der Waals surface area contributed by atoms with Crippen molar-refractivity contribution in [2.24, 2.45) is 5.92 Å². The van der Waals surface area contributed by atoms with Gasteiger partial charge in [-0.15, -0.1) is 0 Å². The summed E-state index contributed by atoms with van der Waals surface area (Å²) >= 11 is 0. The van der Waals surface area contributed by atoms with Gasteiger partial charge in [0.15, 0.2) is 0 Å². The monoisotopic (exact) mass is 545 g/mol. The van der Waals surface area contributed by atoms with Gasteiger partial charge in [0.25, 0.3) is 0 Å². The van der Waals surface area contributed by atoms with Crippen LogP contribution in [0.4, 0.5) is 10.5 Å². The molecule has 1 aliphatic heterocycles. The lowest BCUT2D eigenvalue weighted by Gasteiger charge is -2.30. The molecule has 0 bridgehead atoms. The molecular formula is C28H39N3O6S. The van der Waals surface area contributed by atoms with Gasteiger partial charge < -0.3 is 25.2 Å². The van der Waals surface area contributed by atoms with E-state index in [2.05, 4.69) is 0 Å².